The van der Waals surface area contributed by atoms with E-state index in [1.165, 1.54) is 19.9 Å². The summed E-state index contributed by atoms with van der Waals surface area (Å²) in [4.78, 5) is 40.0. The van der Waals surface area contributed by atoms with E-state index in [9.17, 15) is 14.4 Å². The van der Waals surface area contributed by atoms with Crippen molar-refractivity contribution in [1.29, 1.82) is 0 Å². The Kier molecular flexibility index (Phi) is 4.57. The van der Waals surface area contributed by atoms with Crippen molar-refractivity contribution in [3.05, 3.63) is 40.2 Å². The Morgan fingerprint density at radius 1 is 1.44 bits per heavy atom. The van der Waals surface area contributed by atoms with Gasteiger partial charge in [-0.3, -0.25) is 14.9 Å². The van der Waals surface area contributed by atoms with Gasteiger partial charge in [-0.25, -0.2) is 9.78 Å². The van der Waals surface area contributed by atoms with Crippen LogP contribution in [0.3, 0.4) is 0 Å². The number of nitrogens with zero attached hydrogens (tertiary/aromatic N) is 2. The molecule has 1 aromatic carbocycles. The van der Waals surface area contributed by atoms with Crippen molar-refractivity contribution in [2.45, 2.75) is 32.3 Å². The number of amides is 1. The van der Waals surface area contributed by atoms with Crippen LogP contribution in [0.2, 0.25) is 5.02 Å². The Hall–Kier alpha value is -2.32. The van der Waals surface area contributed by atoms with Crippen molar-refractivity contribution in [3.8, 4) is 0 Å². The first kappa shape index (κ1) is 17.5. The molecule has 1 aliphatic heterocycles. The molecule has 3 rings (SSSR count). The molecule has 0 fully saturated rings. The first-order chi connectivity index (χ1) is 11.8. The molecule has 130 valence electrons. The van der Waals surface area contributed by atoms with Crippen molar-refractivity contribution >= 4 is 45.9 Å². The maximum absolute atomic E-state index is 12.6. The molecule has 0 unspecified atom stereocenters. The predicted molar refractivity (Wildman–Crippen MR) is 91.9 cm³/mol. The van der Waals surface area contributed by atoms with Gasteiger partial charge in [-0.05, 0) is 31.5 Å². The normalized spacial score (nSPS) is 19.1. The fourth-order valence-electron chi connectivity index (χ4n) is 2.51. The minimum absolute atomic E-state index is 0.0703. The maximum atomic E-state index is 12.6. The number of ether oxygens (including phenoxy) is 1. The standard InChI is InChI=1S/C16H14ClN3O4S/c1-8(21)5-12-18-15(25-20-12)19-14(23)16(2)7-9-3-4-10(17)6-11(9)13(22)24-16/h3-4,6H,5,7H2,1-2H3,(H,18,19,20,23)/t16-/m0/s1. The zero-order chi connectivity index (χ0) is 18.2. The first-order valence-corrected chi connectivity index (χ1v) is 8.57. The third kappa shape index (κ3) is 3.69. The van der Waals surface area contributed by atoms with Crippen LogP contribution in [-0.4, -0.2) is 32.6 Å². The number of carbonyl (C=O) groups excluding carboxylic acids is 3. The van der Waals surface area contributed by atoms with Crippen LogP contribution in [0.25, 0.3) is 0 Å². The number of halogens is 1. The Labute approximate surface area is 152 Å². The average molecular weight is 380 g/mol. The van der Waals surface area contributed by atoms with Gasteiger partial charge in [0.2, 0.25) is 5.13 Å². The predicted octanol–water partition coefficient (Wildman–Crippen LogP) is 2.43. The fraction of sp³-hybridized carbons (Fsp3) is 0.312. The Morgan fingerprint density at radius 3 is 2.92 bits per heavy atom. The van der Waals surface area contributed by atoms with Gasteiger partial charge in [0.25, 0.3) is 5.91 Å². The van der Waals surface area contributed by atoms with Crippen LogP contribution in [-0.2, 0) is 27.2 Å². The second kappa shape index (κ2) is 6.53. The molecule has 1 atom stereocenters. The molecular weight excluding hydrogens is 366 g/mol. The number of fused-ring (bicyclic) bond motifs is 1. The lowest BCUT2D eigenvalue weighted by atomic mass is 9.89. The molecule has 1 aliphatic rings. The number of benzene rings is 1. The molecule has 1 amide bonds. The highest BCUT2D eigenvalue weighted by atomic mass is 35.5. The Morgan fingerprint density at radius 2 is 2.20 bits per heavy atom. The van der Waals surface area contributed by atoms with E-state index in [0.29, 0.717) is 22.0 Å². The SMILES string of the molecule is CC(=O)Cc1nsc(NC(=O)[C@]2(C)Cc3ccc(Cl)cc3C(=O)O2)n1. The number of hydrogen-bond acceptors (Lipinski definition) is 7. The van der Waals surface area contributed by atoms with E-state index in [0.717, 1.165) is 11.5 Å². The highest BCUT2D eigenvalue weighted by molar-refractivity contribution is 7.09. The summed E-state index contributed by atoms with van der Waals surface area (Å²) in [6.45, 7) is 2.97. The molecule has 7 nitrogen and oxygen atoms in total. The van der Waals surface area contributed by atoms with Gasteiger partial charge in [-0.1, -0.05) is 17.7 Å². The number of aromatic nitrogens is 2. The Bertz CT molecular complexity index is 882. The van der Waals surface area contributed by atoms with Crippen molar-refractivity contribution < 1.29 is 19.1 Å². The molecule has 1 N–H and O–H groups in total. The number of cyclic esters (lactones) is 1. The summed E-state index contributed by atoms with van der Waals surface area (Å²) in [5.74, 6) is -0.833. The van der Waals surface area contributed by atoms with Crippen molar-refractivity contribution in [2.75, 3.05) is 5.32 Å². The highest BCUT2D eigenvalue weighted by Crippen LogP contribution is 2.31. The summed E-state index contributed by atoms with van der Waals surface area (Å²) in [6.07, 6.45) is 0.322. The maximum Gasteiger partial charge on any atom is 0.339 e. The third-order valence-corrected chi connectivity index (χ3v) is 4.62. The van der Waals surface area contributed by atoms with Crippen LogP contribution in [0.15, 0.2) is 18.2 Å². The number of ketones is 1. The van der Waals surface area contributed by atoms with Crippen molar-refractivity contribution in [2.24, 2.45) is 0 Å². The number of anilines is 1. The van der Waals surface area contributed by atoms with Gasteiger partial charge in [-0.15, -0.1) is 0 Å². The van der Waals surface area contributed by atoms with Gasteiger partial charge >= 0.3 is 5.97 Å². The van der Waals surface area contributed by atoms with E-state index in [1.54, 1.807) is 12.1 Å². The van der Waals surface area contributed by atoms with Crippen molar-refractivity contribution in [3.63, 3.8) is 0 Å². The molecule has 25 heavy (non-hydrogen) atoms. The van der Waals surface area contributed by atoms with E-state index < -0.39 is 17.5 Å². The molecule has 0 saturated heterocycles. The molecule has 1 aromatic heterocycles. The number of esters is 1. The average Bonchev–Trinajstić information content (AvgIpc) is 2.94. The van der Waals surface area contributed by atoms with Gasteiger partial charge in [0.15, 0.2) is 11.4 Å². The van der Waals surface area contributed by atoms with Gasteiger partial charge in [-0.2, -0.15) is 4.37 Å². The van der Waals surface area contributed by atoms with E-state index >= 15 is 0 Å². The lowest BCUT2D eigenvalue weighted by Crippen LogP contribution is -2.48. The van der Waals surface area contributed by atoms with Crippen LogP contribution in [0.4, 0.5) is 5.13 Å². The number of hydrogen-bond donors (Lipinski definition) is 1. The van der Waals surface area contributed by atoms with Gasteiger partial charge in [0.05, 0.1) is 12.0 Å². The molecular formula is C16H14ClN3O4S. The van der Waals surface area contributed by atoms with E-state index in [-0.39, 0.29) is 23.8 Å². The molecule has 0 saturated carbocycles. The summed E-state index contributed by atoms with van der Waals surface area (Å²) in [5, 5.41) is 3.28. The summed E-state index contributed by atoms with van der Waals surface area (Å²) >= 11 is 6.86. The molecule has 9 heteroatoms. The second-order valence-corrected chi connectivity index (χ2v) is 7.14. The molecule has 0 spiro atoms. The Balaban J connectivity index is 1.78. The van der Waals surface area contributed by atoms with Crippen LogP contribution in [0, 0.1) is 0 Å². The minimum Gasteiger partial charge on any atom is -0.445 e. The van der Waals surface area contributed by atoms with Crippen LogP contribution in [0.5, 0.6) is 0 Å². The summed E-state index contributed by atoms with van der Waals surface area (Å²) in [7, 11) is 0. The van der Waals surface area contributed by atoms with E-state index in [4.69, 9.17) is 16.3 Å². The van der Waals surface area contributed by atoms with Gasteiger partial charge < -0.3 is 4.74 Å². The summed E-state index contributed by atoms with van der Waals surface area (Å²) in [5.41, 5.74) is -0.324. The topological polar surface area (TPSA) is 98.2 Å². The lowest BCUT2D eigenvalue weighted by molar-refractivity contribution is -0.134. The summed E-state index contributed by atoms with van der Waals surface area (Å²) in [6, 6.07) is 4.89. The number of Topliss-reactive ketones (excluding diaryl/α,β-unsaturated/α-hetero) is 1. The molecule has 2 aromatic rings. The first-order valence-electron chi connectivity index (χ1n) is 7.42. The summed E-state index contributed by atoms with van der Waals surface area (Å²) < 4.78 is 9.36. The number of carbonyl (C=O) groups is 3. The highest BCUT2D eigenvalue weighted by Gasteiger charge is 2.43. The zero-order valence-corrected chi connectivity index (χ0v) is 15.0. The largest absolute Gasteiger partial charge is 0.445 e. The minimum atomic E-state index is -1.37. The monoisotopic (exact) mass is 379 g/mol. The molecule has 0 bridgehead atoms. The number of nitrogens with one attached hydrogen (secondary N) is 1. The van der Waals surface area contributed by atoms with Crippen LogP contribution < -0.4 is 5.32 Å². The number of rotatable bonds is 4. The second-order valence-electron chi connectivity index (χ2n) is 5.95. The molecule has 2 heterocycles. The van der Waals surface area contributed by atoms with Gasteiger partial charge in [0, 0.05) is 23.0 Å². The zero-order valence-electron chi connectivity index (χ0n) is 13.5. The van der Waals surface area contributed by atoms with Gasteiger partial charge in [0.1, 0.15) is 5.78 Å². The quantitative estimate of drug-likeness (QED) is 0.819. The van der Waals surface area contributed by atoms with Crippen molar-refractivity contribution in [1.82, 2.24) is 9.36 Å². The van der Waals surface area contributed by atoms with Crippen LogP contribution in [0.1, 0.15) is 35.6 Å². The molecule has 0 aliphatic carbocycles. The van der Waals surface area contributed by atoms with E-state index in [2.05, 4.69) is 14.7 Å². The lowest BCUT2D eigenvalue weighted by Gasteiger charge is -2.32. The molecule has 0 radical (unpaired) electrons. The van der Waals surface area contributed by atoms with E-state index in [1.807, 2.05) is 0 Å². The van der Waals surface area contributed by atoms with Crippen LogP contribution >= 0.6 is 23.1 Å². The third-order valence-electron chi connectivity index (χ3n) is 3.71. The fourth-order valence-corrected chi connectivity index (χ4v) is 3.26. The smallest absolute Gasteiger partial charge is 0.339 e.